The smallest absolute Gasteiger partial charge is 0.350 e. The number of nitrogens with one attached hydrogen (secondary N) is 1. The standard InChI is InChI=1S/C24H28ClFN4O2S/c1-14-10-29(11-15(2)27-14)23-20-8-16(25)9-21-22(20)30(24(31)28-23)12-18(32-3)13-33(21)19-6-4-17(26)5-7-19/h4-9,14-15,18,27,33H,10-13H2,1-3H3/t14-,15+,18-/m0/s1. The Bertz CT molecular complexity index is 1240. The van der Waals surface area contributed by atoms with E-state index in [9.17, 15) is 9.18 Å². The predicted molar refractivity (Wildman–Crippen MR) is 133 cm³/mol. The monoisotopic (exact) mass is 490 g/mol. The van der Waals surface area contributed by atoms with Gasteiger partial charge < -0.3 is 15.0 Å². The van der Waals surface area contributed by atoms with Crippen molar-refractivity contribution in [2.45, 2.75) is 48.4 Å². The summed E-state index contributed by atoms with van der Waals surface area (Å²) in [6.45, 7) is 6.20. The Morgan fingerprint density at radius 3 is 2.52 bits per heavy atom. The van der Waals surface area contributed by atoms with Crippen LogP contribution in [0.15, 0.2) is 51.0 Å². The quantitative estimate of drug-likeness (QED) is 0.546. The van der Waals surface area contributed by atoms with Crippen molar-refractivity contribution in [1.29, 1.82) is 0 Å². The van der Waals surface area contributed by atoms with E-state index in [0.29, 0.717) is 23.1 Å². The minimum atomic E-state index is -0.927. The predicted octanol–water partition coefficient (Wildman–Crippen LogP) is 3.82. The number of ether oxygens (including phenoxy) is 1. The van der Waals surface area contributed by atoms with Crippen molar-refractivity contribution in [1.82, 2.24) is 14.9 Å². The molecule has 5 rings (SSSR count). The van der Waals surface area contributed by atoms with E-state index in [0.717, 1.165) is 33.8 Å². The Kier molecular flexibility index (Phi) is 6.11. The van der Waals surface area contributed by atoms with Crippen LogP contribution in [0.4, 0.5) is 10.2 Å². The molecule has 9 heteroatoms. The fourth-order valence-electron chi connectivity index (χ4n) is 5.04. The van der Waals surface area contributed by atoms with Gasteiger partial charge in [-0.25, -0.2) is 9.18 Å². The lowest BCUT2D eigenvalue weighted by atomic mass is 10.1. The molecule has 2 aliphatic heterocycles. The summed E-state index contributed by atoms with van der Waals surface area (Å²) in [7, 11) is 0.739. The number of halogens is 2. The second-order valence-corrected chi connectivity index (χ2v) is 11.6. The van der Waals surface area contributed by atoms with Crippen LogP contribution in [0, 0.1) is 5.82 Å². The maximum Gasteiger partial charge on any atom is 0.350 e. The van der Waals surface area contributed by atoms with Gasteiger partial charge in [-0.05, 0) is 55.1 Å². The molecule has 2 aromatic carbocycles. The van der Waals surface area contributed by atoms with E-state index < -0.39 is 10.9 Å². The zero-order valence-corrected chi connectivity index (χ0v) is 20.5. The van der Waals surface area contributed by atoms with Gasteiger partial charge in [0.2, 0.25) is 0 Å². The molecule has 1 aromatic heterocycles. The lowest BCUT2D eigenvalue weighted by molar-refractivity contribution is 0.107. The number of rotatable bonds is 3. The molecule has 1 fully saturated rings. The van der Waals surface area contributed by atoms with E-state index >= 15 is 0 Å². The molecule has 0 amide bonds. The normalized spacial score (nSPS) is 26.4. The number of nitrogens with zero attached hydrogens (tertiary/aromatic N) is 3. The third-order valence-corrected chi connectivity index (χ3v) is 9.22. The third kappa shape index (κ3) is 4.25. The highest BCUT2D eigenvalue weighted by atomic mass is 35.5. The third-order valence-electron chi connectivity index (χ3n) is 6.39. The largest absolute Gasteiger partial charge is 0.379 e. The van der Waals surface area contributed by atoms with Crippen molar-refractivity contribution in [3.63, 3.8) is 0 Å². The summed E-state index contributed by atoms with van der Waals surface area (Å²) in [5.74, 6) is 1.12. The molecule has 1 unspecified atom stereocenters. The van der Waals surface area contributed by atoms with Crippen molar-refractivity contribution in [2.24, 2.45) is 0 Å². The Morgan fingerprint density at radius 1 is 1.15 bits per heavy atom. The van der Waals surface area contributed by atoms with Gasteiger partial charge in [0.25, 0.3) is 0 Å². The Hall–Kier alpha value is -2.13. The van der Waals surface area contributed by atoms with Crippen molar-refractivity contribution in [2.75, 3.05) is 30.9 Å². The molecule has 0 radical (unpaired) electrons. The zero-order chi connectivity index (χ0) is 23.3. The van der Waals surface area contributed by atoms with Crippen molar-refractivity contribution >= 4 is 39.2 Å². The SMILES string of the molecule is CO[C@H]1Cn2c(=O)nc(N3C[C@@H](C)N[C@@H](C)C3)c3cc(Cl)cc(c32)[SH](c2ccc(F)cc2)C1. The number of methoxy groups -OCH3 is 1. The van der Waals surface area contributed by atoms with Gasteiger partial charge in [0, 0.05) is 53.3 Å². The van der Waals surface area contributed by atoms with Crippen LogP contribution in [0.25, 0.3) is 10.9 Å². The van der Waals surface area contributed by atoms with E-state index in [4.69, 9.17) is 16.3 Å². The van der Waals surface area contributed by atoms with Gasteiger partial charge in [-0.1, -0.05) is 11.6 Å². The second-order valence-electron chi connectivity index (χ2n) is 8.97. The van der Waals surface area contributed by atoms with Gasteiger partial charge in [-0.3, -0.25) is 4.57 Å². The van der Waals surface area contributed by atoms with Crippen molar-refractivity contribution in [3.05, 3.63) is 57.7 Å². The first-order valence-electron chi connectivity index (χ1n) is 11.1. The molecule has 6 nitrogen and oxygen atoms in total. The Morgan fingerprint density at radius 2 is 1.85 bits per heavy atom. The summed E-state index contributed by atoms with van der Waals surface area (Å²) in [5.41, 5.74) is 0.584. The number of hydrogen-bond donors (Lipinski definition) is 2. The number of aromatic nitrogens is 2. The summed E-state index contributed by atoms with van der Waals surface area (Å²) in [6.07, 6.45) is -0.167. The molecular weight excluding hydrogens is 463 g/mol. The average molecular weight is 491 g/mol. The number of piperazine rings is 1. The van der Waals surface area contributed by atoms with Crippen LogP contribution in [0.3, 0.4) is 0 Å². The molecule has 4 atom stereocenters. The van der Waals surface area contributed by atoms with Crippen LogP contribution < -0.4 is 15.9 Å². The number of hydrogen-bond acceptors (Lipinski definition) is 5. The van der Waals surface area contributed by atoms with Gasteiger partial charge in [0.15, 0.2) is 0 Å². The highest BCUT2D eigenvalue weighted by Crippen LogP contribution is 2.51. The molecule has 3 heterocycles. The summed E-state index contributed by atoms with van der Waals surface area (Å²) >= 11 is 6.66. The maximum atomic E-state index is 13.7. The van der Waals surface area contributed by atoms with Crippen LogP contribution in [0.5, 0.6) is 0 Å². The average Bonchev–Trinajstić information content (AvgIpc) is 2.94. The second kappa shape index (κ2) is 8.91. The van der Waals surface area contributed by atoms with E-state index in [1.807, 2.05) is 24.3 Å². The minimum absolute atomic E-state index is 0.167. The number of anilines is 1. The van der Waals surface area contributed by atoms with Crippen LogP contribution in [-0.2, 0) is 11.3 Å². The first-order chi connectivity index (χ1) is 15.8. The van der Waals surface area contributed by atoms with Crippen molar-refractivity contribution in [3.8, 4) is 0 Å². The lowest BCUT2D eigenvalue weighted by Crippen LogP contribution is -2.55. The molecule has 3 aromatic rings. The van der Waals surface area contributed by atoms with Crippen LogP contribution in [0.2, 0.25) is 5.02 Å². The first kappa shape index (κ1) is 22.7. The number of thiol groups is 1. The Labute approximate surface area is 200 Å². The molecule has 0 bridgehead atoms. The molecule has 2 aliphatic rings. The van der Waals surface area contributed by atoms with Gasteiger partial charge >= 0.3 is 5.69 Å². The summed E-state index contributed by atoms with van der Waals surface area (Å²) in [5, 5.41) is 5.02. The van der Waals surface area contributed by atoms with E-state index in [-0.39, 0.29) is 29.7 Å². The van der Waals surface area contributed by atoms with E-state index in [1.165, 1.54) is 12.1 Å². The fourth-order valence-corrected chi connectivity index (χ4v) is 7.99. The van der Waals surface area contributed by atoms with Gasteiger partial charge in [0.1, 0.15) is 11.6 Å². The summed E-state index contributed by atoms with van der Waals surface area (Å²) in [4.78, 5) is 22.1. The first-order valence-corrected chi connectivity index (χ1v) is 13.1. The summed E-state index contributed by atoms with van der Waals surface area (Å²) < 4.78 is 21.2. The molecule has 0 spiro atoms. The molecule has 176 valence electrons. The molecule has 0 saturated carbocycles. The molecular formula is C24H28ClFN4O2S. The maximum absolute atomic E-state index is 13.7. The van der Waals surface area contributed by atoms with Crippen LogP contribution >= 0.6 is 22.5 Å². The van der Waals surface area contributed by atoms with E-state index in [2.05, 4.69) is 29.0 Å². The van der Waals surface area contributed by atoms with E-state index in [1.54, 1.807) is 11.7 Å². The molecule has 1 saturated heterocycles. The Balaban J connectivity index is 1.77. The van der Waals surface area contributed by atoms with Crippen LogP contribution in [-0.4, -0.2) is 53.7 Å². The minimum Gasteiger partial charge on any atom is -0.379 e. The molecule has 1 N–H and O–H groups in total. The van der Waals surface area contributed by atoms with Crippen molar-refractivity contribution < 1.29 is 9.13 Å². The highest BCUT2D eigenvalue weighted by molar-refractivity contribution is 8.17. The van der Waals surface area contributed by atoms with Crippen LogP contribution in [0.1, 0.15) is 13.8 Å². The topological polar surface area (TPSA) is 59.4 Å². The van der Waals surface area contributed by atoms with Gasteiger partial charge in [-0.15, -0.1) is 0 Å². The number of benzene rings is 2. The lowest BCUT2D eigenvalue weighted by Gasteiger charge is -2.37. The summed E-state index contributed by atoms with van der Waals surface area (Å²) in [6, 6.07) is 11.1. The molecule has 0 aliphatic carbocycles. The van der Waals surface area contributed by atoms with Gasteiger partial charge in [-0.2, -0.15) is 15.9 Å². The molecule has 33 heavy (non-hydrogen) atoms. The highest BCUT2D eigenvalue weighted by Gasteiger charge is 2.30. The van der Waals surface area contributed by atoms with Gasteiger partial charge in [0.05, 0.1) is 18.2 Å². The zero-order valence-electron chi connectivity index (χ0n) is 18.9. The fraction of sp³-hybridized carbons (Fsp3) is 0.417.